The number of urea groups is 1. The van der Waals surface area contributed by atoms with Crippen LogP contribution in [0.25, 0.3) is 0 Å². The lowest BCUT2D eigenvalue weighted by molar-refractivity contribution is -0.137. The van der Waals surface area contributed by atoms with Crippen LogP contribution in [0.3, 0.4) is 0 Å². The Morgan fingerprint density at radius 1 is 1.31 bits per heavy atom. The quantitative estimate of drug-likeness (QED) is 0.787. The summed E-state index contributed by atoms with van der Waals surface area (Å²) in [5, 5.41) is 8.70. The second kappa shape index (κ2) is 5.18. The molecule has 2 unspecified atom stereocenters. The van der Waals surface area contributed by atoms with Crippen LogP contribution in [0.4, 0.5) is 4.79 Å². The number of likely N-dealkylation sites (N-methyl/N-ethyl adjacent to an activating group) is 1. The van der Waals surface area contributed by atoms with E-state index in [4.69, 9.17) is 5.11 Å². The average Bonchev–Trinajstić information content (AvgIpc) is 2.54. The fourth-order valence-corrected chi connectivity index (χ4v) is 1.96. The van der Waals surface area contributed by atoms with Gasteiger partial charge in [0.15, 0.2) is 0 Å². The molecule has 1 aliphatic rings. The fourth-order valence-electron chi connectivity index (χ4n) is 1.96. The van der Waals surface area contributed by atoms with Gasteiger partial charge in [-0.15, -0.1) is 0 Å². The number of likely N-dealkylation sites (tertiary alicyclic amines) is 1. The molecule has 0 radical (unpaired) electrons. The Morgan fingerprint density at radius 3 is 2.19 bits per heavy atom. The Hall–Kier alpha value is -1.26. The highest BCUT2D eigenvalue weighted by Crippen LogP contribution is 2.22. The van der Waals surface area contributed by atoms with Gasteiger partial charge in [-0.2, -0.15) is 0 Å². The number of rotatable bonds is 3. The van der Waals surface area contributed by atoms with Crippen molar-refractivity contribution in [3.05, 3.63) is 0 Å². The first-order chi connectivity index (χ1) is 7.45. The first kappa shape index (κ1) is 12.8. The molecule has 0 saturated carbocycles. The molecule has 2 amide bonds. The number of hydrogen-bond acceptors (Lipinski definition) is 2. The van der Waals surface area contributed by atoms with Gasteiger partial charge < -0.3 is 14.9 Å². The molecule has 1 aliphatic heterocycles. The van der Waals surface area contributed by atoms with E-state index in [0.29, 0.717) is 18.4 Å². The number of carboxylic acids is 1. The first-order valence-electron chi connectivity index (χ1n) is 5.71. The Labute approximate surface area is 96.0 Å². The van der Waals surface area contributed by atoms with Crippen LogP contribution < -0.4 is 0 Å². The van der Waals surface area contributed by atoms with Crippen LogP contribution in [0.5, 0.6) is 0 Å². The minimum atomic E-state index is -0.963. The molecule has 0 spiro atoms. The van der Waals surface area contributed by atoms with Crippen LogP contribution in [0.2, 0.25) is 0 Å². The number of carbonyl (C=O) groups excluding carboxylic acids is 1. The highest BCUT2D eigenvalue weighted by molar-refractivity contribution is 5.80. The molecule has 5 heteroatoms. The van der Waals surface area contributed by atoms with Crippen molar-refractivity contribution >= 4 is 12.0 Å². The molecular weight excluding hydrogens is 208 g/mol. The largest absolute Gasteiger partial charge is 0.480 e. The molecule has 0 bridgehead atoms. The summed E-state index contributed by atoms with van der Waals surface area (Å²) in [7, 11) is 0. The summed E-state index contributed by atoms with van der Waals surface area (Å²) in [6.07, 6.45) is 0. The maximum Gasteiger partial charge on any atom is 0.323 e. The summed E-state index contributed by atoms with van der Waals surface area (Å²) in [4.78, 5) is 25.7. The van der Waals surface area contributed by atoms with Gasteiger partial charge in [0.1, 0.15) is 6.54 Å². The minimum Gasteiger partial charge on any atom is -0.480 e. The van der Waals surface area contributed by atoms with Crippen LogP contribution in [0.1, 0.15) is 20.8 Å². The van der Waals surface area contributed by atoms with Crippen LogP contribution in [-0.2, 0) is 4.79 Å². The summed E-state index contributed by atoms with van der Waals surface area (Å²) in [6, 6.07) is -0.152. The van der Waals surface area contributed by atoms with Gasteiger partial charge in [0.25, 0.3) is 0 Å². The number of hydrogen-bond donors (Lipinski definition) is 1. The molecule has 5 nitrogen and oxygen atoms in total. The van der Waals surface area contributed by atoms with E-state index in [9.17, 15) is 9.59 Å². The van der Waals surface area contributed by atoms with Gasteiger partial charge in [-0.25, -0.2) is 4.79 Å². The summed E-state index contributed by atoms with van der Waals surface area (Å²) in [5.74, 6) is 0.0236. The minimum absolute atomic E-state index is 0.152. The van der Waals surface area contributed by atoms with E-state index in [1.807, 2.05) is 0 Å². The lowest BCUT2D eigenvalue weighted by Crippen LogP contribution is -2.44. The molecule has 1 N–H and O–H groups in total. The van der Waals surface area contributed by atoms with Crippen molar-refractivity contribution in [2.45, 2.75) is 20.8 Å². The number of carboxylic acid groups (broad SMARTS) is 1. The molecule has 1 saturated heterocycles. The van der Waals surface area contributed by atoms with Crippen molar-refractivity contribution in [2.75, 3.05) is 26.2 Å². The van der Waals surface area contributed by atoms with Crippen LogP contribution in [-0.4, -0.2) is 53.1 Å². The van der Waals surface area contributed by atoms with Gasteiger partial charge in [0.2, 0.25) is 0 Å². The normalized spacial score (nSPS) is 24.6. The molecule has 92 valence electrons. The van der Waals surface area contributed by atoms with Gasteiger partial charge in [0.05, 0.1) is 0 Å². The van der Waals surface area contributed by atoms with Crippen molar-refractivity contribution < 1.29 is 14.7 Å². The number of aliphatic carboxylic acids is 1. The second-order valence-corrected chi connectivity index (χ2v) is 4.55. The summed E-state index contributed by atoms with van der Waals surface area (Å²) in [6.45, 7) is 7.71. The Bertz CT molecular complexity index is 270. The predicted molar refractivity (Wildman–Crippen MR) is 60.2 cm³/mol. The van der Waals surface area contributed by atoms with Crippen molar-refractivity contribution in [3.63, 3.8) is 0 Å². The zero-order valence-electron chi connectivity index (χ0n) is 10.1. The molecule has 0 aliphatic carbocycles. The van der Waals surface area contributed by atoms with Gasteiger partial charge in [0, 0.05) is 19.6 Å². The van der Waals surface area contributed by atoms with E-state index in [1.165, 1.54) is 4.90 Å². The molecule has 2 atom stereocenters. The smallest absolute Gasteiger partial charge is 0.323 e. The third-order valence-electron chi connectivity index (χ3n) is 3.24. The van der Waals surface area contributed by atoms with Gasteiger partial charge in [-0.1, -0.05) is 13.8 Å². The first-order valence-corrected chi connectivity index (χ1v) is 5.71. The Balaban J connectivity index is 2.59. The van der Waals surface area contributed by atoms with Crippen molar-refractivity contribution in [1.29, 1.82) is 0 Å². The van der Waals surface area contributed by atoms with E-state index in [2.05, 4.69) is 13.8 Å². The molecule has 0 aromatic heterocycles. The van der Waals surface area contributed by atoms with Crippen LogP contribution in [0.15, 0.2) is 0 Å². The highest BCUT2D eigenvalue weighted by Gasteiger charge is 2.31. The summed E-state index contributed by atoms with van der Waals surface area (Å²) < 4.78 is 0. The molecule has 0 aromatic rings. The number of amides is 2. The van der Waals surface area contributed by atoms with E-state index in [0.717, 1.165) is 13.1 Å². The maximum atomic E-state index is 12.0. The van der Waals surface area contributed by atoms with Crippen LogP contribution in [0, 0.1) is 11.8 Å². The second-order valence-electron chi connectivity index (χ2n) is 4.55. The third-order valence-corrected chi connectivity index (χ3v) is 3.24. The predicted octanol–water partition coefficient (Wildman–Crippen LogP) is 1.10. The average molecular weight is 228 g/mol. The molecule has 0 aromatic carbocycles. The van der Waals surface area contributed by atoms with Crippen molar-refractivity contribution in [1.82, 2.24) is 9.80 Å². The Kier molecular flexibility index (Phi) is 4.15. The van der Waals surface area contributed by atoms with Gasteiger partial charge in [-0.3, -0.25) is 4.79 Å². The summed E-state index contributed by atoms with van der Waals surface area (Å²) in [5.41, 5.74) is 0. The van der Waals surface area contributed by atoms with E-state index in [1.54, 1.807) is 11.8 Å². The van der Waals surface area contributed by atoms with Crippen molar-refractivity contribution in [3.8, 4) is 0 Å². The Morgan fingerprint density at radius 2 is 1.81 bits per heavy atom. The number of nitrogens with zero attached hydrogens (tertiary/aromatic N) is 2. The van der Waals surface area contributed by atoms with Gasteiger partial charge >= 0.3 is 12.0 Å². The molecule has 1 rings (SSSR count). The van der Waals surface area contributed by atoms with Crippen molar-refractivity contribution in [2.24, 2.45) is 11.8 Å². The molecule has 1 fully saturated rings. The lowest BCUT2D eigenvalue weighted by Gasteiger charge is -2.25. The lowest BCUT2D eigenvalue weighted by atomic mass is 10.0. The highest BCUT2D eigenvalue weighted by atomic mass is 16.4. The zero-order valence-corrected chi connectivity index (χ0v) is 10.1. The SMILES string of the molecule is CCN(CC(=O)O)C(=O)N1CC(C)C(C)C1. The third kappa shape index (κ3) is 2.87. The maximum absolute atomic E-state index is 12.0. The standard InChI is InChI=1S/C11H20N2O3/c1-4-12(7-10(14)15)11(16)13-5-8(2)9(3)6-13/h8-9H,4-7H2,1-3H3,(H,14,15). The van der Waals surface area contributed by atoms with E-state index in [-0.39, 0.29) is 12.6 Å². The topological polar surface area (TPSA) is 60.9 Å². The van der Waals surface area contributed by atoms with Crippen LogP contribution >= 0.6 is 0 Å². The molecular formula is C11H20N2O3. The summed E-state index contributed by atoms with van der Waals surface area (Å²) >= 11 is 0. The molecule has 1 heterocycles. The monoisotopic (exact) mass is 228 g/mol. The number of carbonyl (C=O) groups is 2. The molecule has 16 heavy (non-hydrogen) atoms. The fraction of sp³-hybridized carbons (Fsp3) is 0.818. The van der Waals surface area contributed by atoms with E-state index >= 15 is 0 Å². The zero-order chi connectivity index (χ0) is 12.3. The van der Waals surface area contributed by atoms with E-state index < -0.39 is 5.97 Å². The van der Waals surface area contributed by atoms with Gasteiger partial charge in [-0.05, 0) is 18.8 Å².